The van der Waals surface area contributed by atoms with E-state index in [0.717, 1.165) is 34.1 Å². The van der Waals surface area contributed by atoms with Gasteiger partial charge in [-0.1, -0.05) is 273 Å². The molecule has 0 fully saturated rings. The van der Waals surface area contributed by atoms with E-state index in [1.165, 1.54) is 175 Å². The van der Waals surface area contributed by atoms with Crippen molar-refractivity contribution in [2.75, 3.05) is 0 Å². The summed E-state index contributed by atoms with van der Waals surface area (Å²) in [6, 6.07) is 155. The van der Waals surface area contributed by atoms with Crippen LogP contribution >= 0.6 is 0 Å². The third kappa shape index (κ3) is 10.2. The topological polar surface area (TPSA) is 29.6 Å². The van der Waals surface area contributed by atoms with Crippen LogP contribution in [0.5, 0.6) is 0 Å². The fourth-order valence-electron chi connectivity index (χ4n) is 18.6. The summed E-state index contributed by atoms with van der Waals surface area (Å²) in [7, 11) is 0. The maximum atomic E-state index is 2.47. The van der Waals surface area contributed by atoms with Gasteiger partial charge in [-0.3, -0.25) is 0 Å². The summed E-state index contributed by atoms with van der Waals surface area (Å²) >= 11 is 0. The van der Waals surface area contributed by atoms with Crippen molar-refractivity contribution in [3.05, 3.63) is 425 Å². The van der Waals surface area contributed by atoms with Gasteiger partial charge in [0.1, 0.15) is 0 Å². The number of fused-ring (bicyclic) bond motifs is 20. The quantitative estimate of drug-likeness (QED) is 0.131. The first kappa shape index (κ1) is 64.7. The number of para-hydroxylation sites is 8. The molecule has 0 saturated heterocycles. The van der Waals surface area contributed by atoms with Gasteiger partial charge in [-0.25, -0.2) is 0 Å². The van der Waals surface area contributed by atoms with Gasteiger partial charge < -0.3 is 27.4 Å². The van der Waals surface area contributed by atoms with Crippen LogP contribution in [0, 0.1) is 0 Å². The Balaban J connectivity index is 0.000000135. The van der Waals surface area contributed by atoms with E-state index < -0.39 is 0 Å². The van der Waals surface area contributed by atoms with E-state index in [0.29, 0.717) is 0 Å². The first-order chi connectivity index (χ1) is 56.6. The van der Waals surface area contributed by atoms with Gasteiger partial charge in [0.2, 0.25) is 0 Å². The second-order valence-corrected chi connectivity index (χ2v) is 29.9. The maximum Gasteiger partial charge on any atom is 0.0788 e. The summed E-state index contributed by atoms with van der Waals surface area (Å²) < 4.78 is 14.6. The van der Waals surface area contributed by atoms with Crippen LogP contribution < -0.4 is 0 Å². The normalized spacial score (nSPS) is 11.9. The van der Waals surface area contributed by atoms with Gasteiger partial charge >= 0.3 is 0 Å². The van der Waals surface area contributed by atoms with Crippen LogP contribution in [-0.2, 0) is 0 Å². The van der Waals surface area contributed by atoms with Gasteiger partial charge in [0.25, 0.3) is 0 Å². The lowest BCUT2D eigenvalue weighted by Gasteiger charge is -2.12. The van der Waals surface area contributed by atoms with Crippen molar-refractivity contribution in [1.82, 2.24) is 27.4 Å². The Hall–Kier alpha value is -15.2. The second kappa shape index (κ2) is 26.2. The molecule has 6 aromatic heterocycles. The molecule has 18 aromatic carbocycles. The van der Waals surface area contributed by atoms with Crippen LogP contribution in [0.4, 0.5) is 0 Å². The van der Waals surface area contributed by atoms with Gasteiger partial charge in [-0.15, -0.1) is 0 Å². The highest BCUT2D eigenvalue weighted by Gasteiger charge is 2.26. The molecule has 0 N–H and O–H groups in total. The number of benzene rings is 18. The Morgan fingerprint density at radius 2 is 0.333 bits per heavy atom. The van der Waals surface area contributed by atoms with Crippen molar-refractivity contribution in [2.45, 2.75) is 0 Å². The van der Waals surface area contributed by atoms with Crippen LogP contribution in [-0.4, -0.2) is 27.4 Å². The molecular weight excluding hydrogens is 1380 g/mol. The molecule has 0 aliphatic heterocycles. The first-order valence-electron chi connectivity index (χ1n) is 39.2. The first-order valence-corrected chi connectivity index (χ1v) is 39.2. The van der Waals surface area contributed by atoms with Crippen molar-refractivity contribution in [3.8, 4) is 78.6 Å². The molecule has 6 heterocycles. The van der Waals surface area contributed by atoms with Crippen LogP contribution in [0.2, 0.25) is 0 Å². The second-order valence-electron chi connectivity index (χ2n) is 29.9. The van der Waals surface area contributed by atoms with Crippen LogP contribution in [0.3, 0.4) is 0 Å². The summed E-state index contributed by atoms with van der Waals surface area (Å²) in [6.07, 6.45) is 0. The minimum Gasteiger partial charge on any atom is -0.309 e. The Morgan fingerprint density at radius 1 is 0.114 bits per heavy atom. The largest absolute Gasteiger partial charge is 0.309 e. The maximum absolute atomic E-state index is 2.47. The molecule has 0 aliphatic carbocycles. The predicted octanol–water partition coefficient (Wildman–Crippen LogP) is 28.6. The average Bonchev–Trinajstić information content (AvgIpc) is 1.55. The fraction of sp³-hybridized carbons (Fsp3) is 0. The van der Waals surface area contributed by atoms with E-state index >= 15 is 0 Å². The molecule has 0 unspecified atom stereocenters. The van der Waals surface area contributed by atoms with E-state index in [1.54, 1.807) is 0 Å². The molecule has 6 nitrogen and oxygen atoms in total. The van der Waals surface area contributed by atoms with Gasteiger partial charge in [0.05, 0.1) is 66.2 Å². The fourth-order valence-corrected chi connectivity index (χ4v) is 18.6. The van der Waals surface area contributed by atoms with Crippen molar-refractivity contribution >= 4 is 131 Å². The van der Waals surface area contributed by atoms with E-state index in [2.05, 4.69) is 452 Å². The Labute approximate surface area is 657 Å². The van der Waals surface area contributed by atoms with Gasteiger partial charge in [0, 0.05) is 98.8 Å². The van der Waals surface area contributed by atoms with E-state index in [1.807, 2.05) is 0 Å². The molecule has 24 rings (SSSR count). The molecule has 0 amide bonds. The van der Waals surface area contributed by atoms with Crippen molar-refractivity contribution in [2.24, 2.45) is 0 Å². The minimum absolute atomic E-state index is 1.15. The molecule has 114 heavy (non-hydrogen) atoms. The zero-order chi connectivity index (χ0) is 74.9. The number of rotatable bonds is 10. The van der Waals surface area contributed by atoms with Crippen LogP contribution in [0.25, 0.3) is 209 Å². The smallest absolute Gasteiger partial charge is 0.0788 e. The standard InChI is InChI=1S/2C54H35N3/c1-4-14-36(15-5-1)37-24-28-42(29-25-37)55-49-22-12-11-21-44(49)47-34-38(26-32-51(47)55)39-27-33-52-48(35-39)46-31-30-45-43-20-10-13-23-50(43)56(40-16-6-2-7-17-40)53(45)54(46)57(52)41-18-8-3-9-19-41;1-4-14-36(15-5-1)37-24-28-42(29-25-37)55-48-22-12-11-21-44(48)46-34-38(26-31-50(46)55)39-27-32-51-47(35-39)53-52(56(51)40-16-6-2-7-17-40)33-30-45-43-20-10-13-23-49(43)57(54(45)53)41-18-8-3-9-19-41/h2*1-35H. The number of aromatic nitrogens is 6. The minimum atomic E-state index is 1.15. The average molecular weight is 1450 g/mol. The molecule has 6 heteroatoms. The predicted molar refractivity (Wildman–Crippen MR) is 481 cm³/mol. The van der Waals surface area contributed by atoms with Gasteiger partial charge in [0.15, 0.2) is 0 Å². The lowest BCUT2D eigenvalue weighted by molar-refractivity contribution is 1.15. The Kier molecular flexibility index (Phi) is 14.9. The van der Waals surface area contributed by atoms with E-state index in [-0.39, 0.29) is 0 Å². The van der Waals surface area contributed by atoms with Crippen LogP contribution in [0.15, 0.2) is 425 Å². The summed E-state index contributed by atoms with van der Waals surface area (Å²) in [5.74, 6) is 0. The summed E-state index contributed by atoms with van der Waals surface area (Å²) in [5.41, 5.74) is 31.0. The third-order valence-electron chi connectivity index (χ3n) is 23.7. The Morgan fingerprint density at radius 3 is 0.728 bits per heavy atom. The SMILES string of the molecule is c1ccc(-c2ccc(-n3c4ccccc4c4cc(-c5ccc6c(c5)c5c(ccc7c8ccccc8n(-c8ccccc8)c75)n6-c5ccccc5)ccc43)cc2)cc1.c1ccc(-c2ccc(-n3c4ccccc4c4cc(-c5ccc6c(c5)c5ccc7c8ccccc8n(-c8ccccc8)c7c5n6-c5ccccc5)ccc43)cc2)cc1. The monoisotopic (exact) mass is 1450 g/mol. The molecule has 0 spiro atoms. The molecule has 0 saturated carbocycles. The third-order valence-corrected chi connectivity index (χ3v) is 23.7. The summed E-state index contributed by atoms with van der Waals surface area (Å²) in [5, 5.41) is 15.0. The van der Waals surface area contributed by atoms with E-state index in [9.17, 15) is 0 Å². The molecule has 0 radical (unpaired) electrons. The van der Waals surface area contributed by atoms with Crippen molar-refractivity contribution in [3.63, 3.8) is 0 Å². The highest BCUT2D eigenvalue weighted by molar-refractivity contribution is 6.28. The molecular formula is C108H70N6. The number of hydrogen-bond donors (Lipinski definition) is 0. The zero-order valence-electron chi connectivity index (χ0n) is 62.1. The number of nitrogens with zero attached hydrogens (tertiary/aromatic N) is 6. The zero-order valence-corrected chi connectivity index (χ0v) is 62.1. The van der Waals surface area contributed by atoms with Crippen LogP contribution in [0.1, 0.15) is 0 Å². The molecule has 24 aromatic rings. The number of hydrogen-bond acceptors (Lipinski definition) is 0. The molecule has 532 valence electrons. The van der Waals surface area contributed by atoms with E-state index in [4.69, 9.17) is 0 Å². The highest BCUT2D eigenvalue weighted by Crippen LogP contribution is 2.47. The lowest BCUT2D eigenvalue weighted by atomic mass is 10.00. The van der Waals surface area contributed by atoms with Crippen molar-refractivity contribution < 1.29 is 0 Å². The molecule has 0 bridgehead atoms. The summed E-state index contributed by atoms with van der Waals surface area (Å²) in [6.45, 7) is 0. The summed E-state index contributed by atoms with van der Waals surface area (Å²) in [4.78, 5) is 0. The van der Waals surface area contributed by atoms with Gasteiger partial charge in [-0.05, 0) is 196 Å². The lowest BCUT2D eigenvalue weighted by Crippen LogP contribution is -1.98. The molecule has 0 aliphatic rings. The molecule has 0 atom stereocenters. The van der Waals surface area contributed by atoms with Crippen molar-refractivity contribution in [1.29, 1.82) is 0 Å². The van der Waals surface area contributed by atoms with Gasteiger partial charge in [-0.2, -0.15) is 0 Å². The highest BCUT2D eigenvalue weighted by atomic mass is 15.1. The Bertz CT molecular complexity index is 7890.